The van der Waals surface area contributed by atoms with Gasteiger partial charge in [0.05, 0.1) is 11.1 Å². The number of rotatable bonds is 4. The van der Waals surface area contributed by atoms with E-state index < -0.39 is 29.7 Å². The predicted octanol–water partition coefficient (Wildman–Crippen LogP) is 2.77. The lowest BCUT2D eigenvalue weighted by Gasteiger charge is -2.17. The third-order valence-electron chi connectivity index (χ3n) is 2.10. The van der Waals surface area contributed by atoms with E-state index in [0.29, 0.717) is 0 Å². The number of ketones is 1. The summed E-state index contributed by atoms with van der Waals surface area (Å²) in [5.41, 5.74) is -1.16. The lowest BCUT2D eigenvalue weighted by atomic mass is 10.0. The van der Waals surface area contributed by atoms with Crippen molar-refractivity contribution in [1.29, 1.82) is 0 Å². The molecule has 0 aliphatic heterocycles. The molecule has 0 N–H and O–H groups in total. The number of carbonyl (C=O) groups excluding carboxylic acids is 1. The fourth-order valence-electron chi connectivity index (χ4n) is 1.35. The molecule has 0 atom stereocenters. The standard InChI is InChI=1S/C11H11F3O2/c1-7(15)8-4-3-5-9(10(8)12)11(13,14)6-16-2/h3-5H,6H2,1-2H3. The van der Waals surface area contributed by atoms with Crippen molar-refractivity contribution in [3.05, 3.63) is 35.1 Å². The van der Waals surface area contributed by atoms with Gasteiger partial charge in [-0.2, -0.15) is 8.78 Å². The first-order chi connectivity index (χ1) is 7.40. The molecular weight excluding hydrogens is 221 g/mol. The molecule has 0 fully saturated rings. The predicted molar refractivity (Wildman–Crippen MR) is 52.2 cm³/mol. The smallest absolute Gasteiger partial charge is 0.298 e. The average Bonchev–Trinajstić information content (AvgIpc) is 2.17. The third-order valence-corrected chi connectivity index (χ3v) is 2.10. The minimum Gasteiger partial charge on any atom is -0.378 e. The number of Topliss-reactive ketones (excluding diaryl/α,β-unsaturated/α-hetero) is 1. The first-order valence-electron chi connectivity index (χ1n) is 4.57. The molecule has 16 heavy (non-hydrogen) atoms. The van der Waals surface area contributed by atoms with Crippen LogP contribution >= 0.6 is 0 Å². The van der Waals surface area contributed by atoms with Crippen LogP contribution in [0.5, 0.6) is 0 Å². The Bertz CT molecular complexity index is 402. The molecule has 1 aromatic carbocycles. The van der Waals surface area contributed by atoms with Crippen LogP contribution in [0.2, 0.25) is 0 Å². The lowest BCUT2D eigenvalue weighted by Crippen LogP contribution is -2.22. The van der Waals surface area contributed by atoms with Crippen LogP contribution < -0.4 is 0 Å². The fraction of sp³-hybridized carbons (Fsp3) is 0.364. The monoisotopic (exact) mass is 232 g/mol. The van der Waals surface area contributed by atoms with Crippen molar-refractivity contribution in [2.45, 2.75) is 12.8 Å². The first kappa shape index (κ1) is 12.7. The van der Waals surface area contributed by atoms with Crippen LogP contribution in [0.25, 0.3) is 0 Å². The van der Waals surface area contributed by atoms with E-state index in [1.54, 1.807) is 0 Å². The van der Waals surface area contributed by atoms with Crippen molar-refractivity contribution >= 4 is 5.78 Å². The quantitative estimate of drug-likeness (QED) is 0.746. The summed E-state index contributed by atoms with van der Waals surface area (Å²) in [4.78, 5) is 11.0. The number of benzene rings is 1. The second-order valence-corrected chi connectivity index (χ2v) is 3.36. The van der Waals surface area contributed by atoms with Crippen molar-refractivity contribution < 1.29 is 22.7 Å². The van der Waals surface area contributed by atoms with Gasteiger partial charge in [-0.3, -0.25) is 4.79 Å². The zero-order valence-electron chi connectivity index (χ0n) is 8.89. The minimum atomic E-state index is -3.44. The van der Waals surface area contributed by atoms with Crippen molar-refractivity contribution in [3.63, 3.8) is 0 Å². The van der Waals surface area contributed by atoms with Gasteiger partial charge in [0.15, 0.2) is 5.78 Å². The zero-order valence-corrected chi connectivity index (χ0v) is 8.89. The second kappa shape index (κ2) is 4.65. The molecule has 1 aromatic rings. The van der Waals surface area contributed by atoms with Crippen molar-refractivity contribution in [3.8, 4) is 0 Å². The van der Waals surface area contributed by atoms with Gasteiger partial charge in [0, 0.05) is 7.11 Å². The van der Waals surface area contributed by atoms with Gasteiger partial charge in [0.2, 0.25) is 0 Å². The topological polar surface area (TPSA) is 26.3 Å². The SMILES string of the molecule is COCC(F)(F)c1cccc(C(C)=O)c1F. The summed E-state index contributed by atoms with van der Waals surface area (Å²) in [6, 6.07) is 3.34. The first-order valence-corrected chi connectivity index (χ1v) is 4.57. The van der Waals surface area contributed by atoms with Crippen LogP contribution in [0.15, 0.2) is 18.2 Å². The maximum atomic E-state index is 13.6. The molecule has 0 saturated heterocycles. The molecule has 0 aromatic heterocycles. The van der Waals surface area contributed by atoms with Gasteiger partial charge in [0.1, 0.15) is 12.4 Å². The van der Waals surface area contributed by atoms with E-state index >= 15 is 0 Å². The van der Waals surface area contributed by atoms with Gasteiger partial charge in [-0.25, -0.2) is 4.39 Å². The van der Waals surface area contributed by atoms with Gasteiger partial charge in [0.25, 0.3) is 5.92 Å². The van der Waals surface area contributed by atoms with Gasteiger partial charge in [-0.05, 0) is 19.1 Å². The number of ether oxygens (including phenoxy) is 1. The van der Waals surface area contributed by atoms with Crippen LogP contribution in [0.4, 0.5) is 13.2 Å². The maximum Gasteiger partial charge on any atom is 0.298 e. The van der Waals surface area contributed by atoms with Crippen LogP contribution in [0.1, 0.15) is 22.8 Å². The number of alkyl halides is 2. The van der Waals surface area contributed by atoms with E-state index in [2.05, 4.69) is 4.74 Å². The van der Waals surface area contributed by atoms with E-state index in [4.69, 9.17) is 0 Å². The van der Waals surface area contributed by atoms with Crippen LogP contribution in [0.3, 0.4) is 0 Å². The molecular formula is C11H11F3O2. The summed E-state index contributed by atoms with van der Waals surface area (Å²) in [6.45, 7) is 0.196. The summed E-state index contributed by atoms with van der Waals surface area (Å²) < 4.78 is 44.7. The molecule has 2 nitrogen and oxygen atoms in total. The van der Waals surface area contributed by atoms with E-state index in [9.17, 15) is 18.0 Å². The van der Waals surface area contributed by atoms with E-state index in [0.717, 1.165) is 20.1 Å². The van der Waals surface area contributed by atoms with Gasteiger partial charge < -0.3 is 4.74 Å². The Balaban J connectivity index is 3.25. The third kappa shape index (κ3) is 2.41. The molecule has 0 unspecified atom stereocenters. The molecule has 0 heterocycles. The fourth-order valence-corrected chi connectivity index (χ4v) is 1.35. The Hall–Kier alpha value is -1.36. The highest BCUT2D eigenvalue weighted by molar-refractivity contribution is 5.94. The summed E-state index contributed by atoms with van der Waals surface area (Å²) in [5.74, 6) is -5.21. The number of carbonyl (C=O) groups is 1. The Morgan fingerprint density at radius 1 is 1.44 bits per heavy atom. The van der Waals surface area contributed by atoms with Gasteiger partial charge >= 0.3 is 0 Å². The van der Waals surface area contributed by atoms with Gasteiger partial charge in [-0.15, -0.1) is 0 Å². The molecule has 0 aliphatic carbocycles. The molecule has 0 bridgehead atoms. The normalized spacial score (nSPS) is 11.6. The Morgan fingerprint density at radius 2 is 2.06 bits per heavy atom. The van der Waals surface area contributed by atoms with Crippen molar-refractivity contribution in [2.75, 3.05) is 13.7 Å². The lowest BCUT2D eigenvalue weighted by molar-refractivity contribution is -0.0722. The largest absolute Gasteiger partial charge is 0.378 e. The zero-order chi connectivity index (χ0) is 12.3. The highest BCUT2D eigenvalue weighted by atomic mass is 19.3. The number of halogens is 3. The average molecular weight is 232 g/mol. The summed E-state index contributed by atoms with van der Waals surface area (Å²) in [7, 11) is 1.10. The second-order valence-electron chi connectivity index (χ2n) is 3.36. The Morgan fingerprint density at radius 3 is 2.56 bits per heavy atom. The van der Waals surface area contributed by atoms with Crippen molar-refractivity contribution in [2.24, 2.45) is 0 Å². The van der Waals surface area contributed by atoms with Crippen molar-refractivity contribution in [1.82, 2.24) is 0 Å². The molecule has 5 heteroatoms. The van der Waals surface area contributed by atoms with Crippen LogP contribution in [-0.2, 0) is 10.7 Å². The Labute approximate surface area is 91.0 Å². The van der Waals surface area contributed by atoms with E-state index in [-0.39, 0.29) is 5.56 Å². The van der Waals surface area contributed by atoms with Gasteiger partial charge in [-0.1, -0.05) is 6.07 Å². The van der Waals surface area contributed by atoms with Crippen LogP contribution in [0, 0.1) is 5.82 Å². The molecule has 0 spiro atoms. The number of hydrogen-bond donors (Lipinski definition) is 0. The molecule has 0 radical (unpaired) electrons. The molecule has 0 aliphatic rings. The highest BCUT2D eigenvalue weighted by Gasteiger charge is 2.35. The molecule has 88 valence electrons. The maximum absolute atomic E-state index is 13.6. The minimum absolute atomic E-state index is 0.340. The van der Waals surface area contributed by atoms with Crippen LogP contribution in [-0.4, -0.2) is 19.5 Å². The summed E-state index contributed by atoms with van der Waals surface area (Å²) in [6.07, 6.45) is 0. The van der Waals surface area contributed by atoms with E-state index in [1.165, 1.54) is 12.1 Å². The number of methoxy groups -OCH3 is 1. The number of hydrogen-bond acceptors (Lipinski definition) is 2. The highest BCUT2D eigenvalue weighted by Crippen LogP contribution is 2.31. The van der Waals surface area contributed by atoms with E-state index in [1.807, 2.05) is 0 Å². The molecule has 1 rings (SSSR count). The summed E-state index contributed by atoms with van der Waals surface area (Å²) >= 11 is 0. The molecule has 0 saturated carbocycles. The molecule has 0 amide bonds. The Kier molecular flexibility index (Phi) is 3.70. The summed E-state index contributed by atoms with van der Waals surface area (Å²) in [5, 5.41) is 0.